The van der Waals surface area contributed by atoms with Crippen LogP contribution in [0.1, 0.15) is 5.56 Å². The lowest BCUT2D eigenvalue weighted by Gasteiger charge is -2.13. The van der Waals surface area contributed by atoms with Crippen molar-refractivity contribution in [1.29, 1.82) is 0 Å². The molecule has 7 aromatic rings. The van der Waals surface area contributed by atoms with Crippen LogP contribution in [0.25, 0.3) is 44.1 Å². The Kier molecular flexibility index (Phi) is 26.0. The molecular formula is C52H66N4O20S. The maximum atomic E-state index is 13.3. The minimum absolute atomic E-state index is 0.000926. The summed E-state index contributed by atoms with van der Waals surface area (Å²) in [6, 6.07) is 24.6. The second-order valence-corrected chi connectivity index (χ2v) is 17.8. The molecular weight excluding hydrogens is 1030 g/mol. The van der Waals surface area contributed by atoms with E-state index in [-0.39, 0.29) is 98.5 Å². The monoisotopic (exact) mass is 1100 g/mol. The van der Waals surface area contributed by atoms with Gasteiger partial charge in [-0.2, -0.15) is 27.3 Å². The number of hydrogen-bond acceptors (Lipinski definition) is 20. The summed E-state index contributed by atoms with van der Waals surface area (Å²) in [6.45, 7) is 8.72. The van der Waals surface area contributed by atoms with Crippen LogP contribution in [0, 0.1) is 27.8 Å². The number of rotatable bonds is 31. The normalized spacial score (nSPS) is 11.4. The van der Waals surface area contributed by atoms with Crippen LogP contribution < -0.4 is 28.4 Å². The number of ether oxygens (including phenoxy) is 11. The van der Waals surface area contributed by atoms with Gasteiger partial charge in [-0.1, -0.05) is 42.0 Å². The summed E-state index contributed by atoms with van der Waals surface area (Å²) < 4.78 is 89.1. The van der Waals surface area contributed by atoms with Crippen molar-refractivity contribution in [3.8, 4) is 23.0 Å². The molecule has 0 atom stereocenters. The van der Waals surface area contributed by atoms with Crippen molar-refractivity contribution in [2.24, 2.45) is 0 Å². The van der Waals surface area contributed by atoms with Crippen molar-refractivity contribution in [2.45, 2.75) is 11.8 Å². The lowest BCUT2D eigenvalue weighted by Crippen LogP contribution is -2.40. The van der Waals surface area contributed by atoms with Crippen molar-refractivity contribution >= 4 is 54.3 Å². The molecule has 0 amide bonds. The number of phenols is 2. The fraction of sp³-hybridized carbons (Fsp3) is 0.423. The minimum Gasteiger partial charge on any atom is -0.617 e. The number of aryl methyl sites for hydroxylation is 1. The Hall–Kier alpha value is -6.75. The van der Waals surface area contributed by atoms with Gasteiger partial charge in [0.2, 0.25) is 0 Å². The van der Waals surface area contributed by atoms with Gasteiger partial charge in [-0.25, -0.2) is 0 Å². The standard InChI is InChI=1S/C26H36N2O10.C14H22O6S.C12H8N2O4/c1-31-9-11-33-13-15-35-17-19-37-23-7-3-5-21-25(23)27(29)22-6-4-8-24(26(22)28(21)30)38-20-18-36-16-14-34-12-10-32-2;1-13-3-5-14(6-4-13)21(15,16)20-12-11-19-10-9-18-8-7-17-2;15-9-5-1-3-7-11(9)14(18)8-4-2-6-10(16)12(8)13(7)17/h3-8H,9-20H2,1-2H3;3-6H,7-12H2,1-2H3;1-6,15-16H. The van der Waals surface area contributed by atoms with Crippen molar-refractivity contribution in [1.82, 2.24) is 0 Å². The summed E-state index contributed by atoms with van der Waals surface area (Å²) in [5.74, 6) is 0.0162. The van der Waals surface area contributed by atoms with Crippen molar-refractivity contribution in [3.05, 3.63) is 123 Å². The Balaban J connectivity index is 0.000000235. The van der Waals surface area contributed by atoms with E-state index >= 15 is 0 Å². The zero-order chi connectivity index (χ0) is 55.4. The van der Waals surface area contributed by atoms with Crippen LogP contribution in [0.4, 0.5) is 0 Å². The third kappa shape index (κ3) is 18.2. The zero-order valence-corrected chi connectivity index (χ0v) is 44.2. The molecule has 0 aliphatic carbocycles. The number of fused-ring (bicyclic) bond motifs is 4. The second-order valence-electron chi connectivity index (χ2n) is 16.2. The van der Waals surface area contributed by atoms with Crippen molar-refractivity contribution in [3.63, 3.8) is 0 Å². The third-order valence-electron chi connectivity index (χ3n) is 10.8. The third-order valence-corrected chi connectivity index (χ3v) is 12.1. The number of aromatic nitrogens is 4. The molecule has 0 saturated heterocycles. The predicted molar refractivity (Wildman–Crippen MR) is 278 cm³/mol. The molecule has 2 heterocycles. The van der Waals surface area contributed by atoms with Crippen LogP contribution in [0.5, 0.6) is 23.0 Å². The number of para-hydroxylation sites is 4. The lowest BCUT2D eigenvalue weighted by molar-refractivity contribution is -0.591. The summed E-state index contributed by atoms with van der Waals surface area (Å²) in [7, 11) is 1.12. The highest BCUT2D eigenvalue weighted by atomic mass is 32.2. The topological polar surface area (TPSA) is 293 Å². The first-order valence-corrected chi connectivity index (χ1v) is 25.7. The predicted octanol–water partition coefficient (Wildman–Crippen LogP) is 3.43. The summed E-state index contributed by atoms with van der Waals surface area (Å²) in [6.07, 6.45) is 0. The summed E-state index contributed by atoms with van der Waals surface area (Å²) in [4.78, 5) is 0.149. The molecule has 0 spiro atoms. The first-order chi connectivity index (χ1) is 37.4. The smallest absolute Gasteiger partial charge is 0.332 e. The quantitative estimate of drug-likeness (QED) is 0.0207. The van der Waals surface area contributed by atoms with Crippen LogP contribution >= 0.6 is 0 Å². The van der Waals surface area contributed by atoms with Crippen molar-refractivity contribution < 1.29 is 93.8 Å². The Bertz CT molecular complexity index is 2850. The van der Waals surface area contributed by atoms with E-state index < -0.39 is 10.1 Å². The minimum atomic E-state index is -3.71. The van der Waals surface area contributed by atoms with E-state index in [1.807, 2.05) is 6.92 Å². The van der Waals surface area contributed by atoms with E-state index in [2.05, 4.69) is 0 Å². The van der Waals surface area contributed by atoms with Gasteiger partial charge < -0.3 is 83.1 Å². The van der Waals surface area contributed by atoms with E-state index in [0.29, 0.717) is 111 Å². The van der Waals surface area contributed by atoms with Crippen LogP contribution in [0.2, 0.25) is 0 Å². The molecule has 77 heavy (non-hydrogen) atoms. The maximum Gasteiger partial charge on any atom is 0.332 e. The molecule has 2 N–H and O–H groups in total. The summed E-state index contributed by atoms with van der Waals surface area (Å²) in [5, 5.41) is 70.2. The average molecular weight is 1100 g/mol. The van der Waals surface area contributed by atoms with Gasteiger partial charge in [-0.3, -0.25) is 4.18 Å². The zero-order valence-electron chi connectivity index (χ0n) is 43.4. The van der Waals surface area contributed by atoms with Crippen LogP contribution in [0.3, 0.4) is 0 Å². The Morgan fingerprint density at radius 1 is 0.390 bits per heavy atom. The van der Waals surface area contributed by atoms with Gasteiger partial charge in [0, 0.05) is 45.6 Å². The molecule has 0 aliphatic rings. The highest BCUT2D eigenvalue weighted by Crippen LogP contribution is 2.27. The number of hydrogen-bond donors (Lipinski definition) is 2. The molecule has 7 rings (SSSR count). The van der Waals surface area contributed by atoms with Crippen LogP contribution in [-0.4, -0.2) is 159 Å². The maximum absolute atomic E-state index is 13.3. The van der Waals surface area contributed by atoms with Gasteiger partial charge in [0.25, 0.3) is 32.2 Å². The molecule has 0 bridgehead atoms. The number of methoxy groups -OCH3 is 3. The van der Waals surface area contributed by atoms with E-state index in [9.17, 15) is 39.5 Å². The molecule has 420 valence electrons. The molecule has 24 nitrogen and oxygen atoms in total. The lowest BCUT2D eigenvalue weighted by atomic mass is 10.2. The molecule has 5 aromatic carbocycles. The van der Waals surface area contributed by atoms with Gasteiger partial charge >= 0.3 is 22.1 Å². The number of aromatic hydroxyl groups is 2. The number of phenolic OH excluding ortho intramolecular Hbond substituents is 2. The molecule has 0 fully saturated rings. The van der Waals surface area contributed by atoms with Crippen molar-refractivity contribution in [2.75, 3.05) is 140 Å². The summed E-state index contributed by atoms with van der Waals surface area (Å²) in [5.41, 5.74) is 1.34. The summed E-state index contributed by atoms with van der Waals surface area (Å²) >= 11 is 0. The van der Waals surface area contributed by atoms with Gasteiger partial charge in [0.15, 0.2) is 23.0 Å². The number of nitrogens with zero attached hydrogens (tertiary/aromatic N) is 4. The average Bonchev–Trinajstić information content (AvgIpc) is 3.42. The SMILES string of the molecule is COCCOCCOCCOS(=O)(=O)c1ccc(C)cc1.COCCOCCOCCOc1cccc2c1[n+]([O-])c1cccc(OCCOCCOCCOC)c1[n+]2[O-].[O-][n+]1c2cccc(O)c2[n+]([O-])c2cccc(O)c21. The van der Waals surface area contributed by atoms with Gasteiger partial charge in [-0.15, -0.1) is 0 Å². The molecule has 0 unspecified atom stereocenters. The second kappa shape index (κ2) is 32.7. The highest BCUT2D eigenvalue weighted by molar-refractivity contribution is 7.86. The first-order valence-electron chi connectivity index (χ1n) is 24.3. The molecule has 2 aromatic heterocycles. The van der Waals surface area contributed by atoms with Crippen LogP contribution in [0.15, 0.2) is 102 Å². The molecule has 0 radical (unpaired) electrons. The fourth-order valence-corrected chi connectivity index (χ4v) is 7.94. The fourth-order valence-electron chi connectivity index (χ4n) is 7.04. The highest BCUT2D eigenvalue weighted by Gasteiger charge is 2.29. The Morgan fingerprint density at radius 2 is 0.688 bits per heavy atom. The van der Waals surface area contributed by atoms with E-state index in [1.54, 1.807) is 69.9 Å². The van der Waals surface area contributed by atoms with Gasteiger partial charge in [0.1, 0.15) is 13.2 Å². The van der Waals surface area contributed by atoms with Gasteiger partial charge in [0.05, 0.1) is 111 Å². The van der Waals surface area contributed by atoms with Gasteiger partial charge in [-0.05, 0) is 43.3 Å². The molecule has 25 heteroatoms. The van der Waals surface area contributed by atoms with Crippen LogP contribution in [-0.2, 0) is 56.9 Å². The Morgan fingerprint density at radius 3 is 1.05 bits per heavy atom. The number of benzene rings is 5. The largest absolute Gasteiger partial charge is 0.617 e. The molecule has 0 aliphatic heterocycles. The van der Waals surface area contributed by atoms with E-state index in [1.165, 1.54) is 48.5 Å². The van der Waals surface area contributed by atoms with E-state index in [4.69, 9.17) is 56.3 Å². The van der Waals surface area contributed by atoms with E-state index in [0.717, 1.165) is 5.56 Å². The molecule has 0 saturated carbocycles. The first kappa shape index (κ1) is 61.1. The Labute approximate surface area is 445 Å².